The van der Waals surface area contributed by atoms with E-state index in [2.05, 4.69) is 41.3 Å². The third-order valence-corrected chi connectivity index (χ3v) is 7.11. The molecule has 4 rings (SSSR count). The molecule has 0 aliphatic carbocycles. The van der Waals surface area contributed by atoms with Crippen molar-refractivity contribution in [1.29, 1.82) is 0 Å². The van der Waals surface area contributed by atoms with Crippen molar-refractivity contribution in [2.45, 2.75) is 58.2 Å². The molecule has 3 N–H and O–H groups in total. The number of hydrogen-bond donors (Lipinski definition) is 3. The van der Waals surface area contributed by atoms with Crippen LogP contribution in [0.1, 0.15) is 66.8 Å². The van der Waals surface area contributed by atoms with E-state index in [1.807, 2.05) is 12.1 Å². The fourth-order valence-corrected chi connectivity index (χ4v) is 4.79. The van der Waals surface area contributed by atoms with Gasteiger partial charge in [0.05, 0.1) is 27.9 Å². The number of carbonyl (C=O) groups is 2. The lowest BCUT2D eigenvalue weighted by Gasteiger charge is -2.33. The Morgan fingerprint density at radius 2 is 1.78 bits per heavy atom. The Bertz CT molecular complexity index is 1380. The first-order valence-corrected chi connectivity index (χ1v) is 14.0. The van der Waals surface area contributed by atoms with Crippen LogP contribution in [0.3, 0.4) is 0 Å². The molecular weight excluding hydrogens is 547 g/mol. The van der Waals surface area contributed by atoms with Crippen molar-refractivity contribution in [3.63, 3.8) is 0 Å². The van der Waals surface area contributed by atoms with Crippen molar-refractivity contribution in [2.75, 3.05) is 30.3 Å². The number of ether oxygens (including phenoxy) is 1. The number of halogens is 2. The molecule has 0 radical (unpaired) electrons. The van der Waals surface area contributed by atoms with Gasteiger partial charge in [-0.05, 0) is 73.2 Å². The van der Waals surface area contributed by atoms with Crippen LogP contribution in [0.5, 0.6) is 5.75 Å². The molecule has 1 aliphatic rings. The van der Waals surface area contributed by atoms with Gasteiger partial charge in [-0.25, -0.2) is 9.37 Å². The number of hydrogen-bond acceptors (Lipinski definition) is 6. The van der Waals surface area contributed by atoms with Crippen LogP contribution < -0.4 is 15.4 Å². The van der Waals surface area contributed by atoms with Gasteiger partial charge in [-0.2, -0.15) is 0 Å². The summed E-state index contributed by atoms with van der Waals surface area (Å²) < 4.78 is 20.6. The van der Waals surface area contributed by atoms with Crippen LogP contribution in [0.2, 0.25) is 5.02 Å². The van der Waals surface area contributed by atoms with Gasteiger partial charge in [-0.1, -0.05) is 38.4 Å². The van der Waals surface area contributed by atoms with Crippen LogP contribution in [-0.4, -0.2) is 58.6 Å². The van der Waals surface area contributed by atoms with E-state index in [0.717, 1.165) is 37.6 Å². The van der Waals surface area contributed by atoms with Crippen LogP contribution in [0.4, 0.5) is 15.9 Å². The summed E-state index contributed by atoms with van der Waals surface area (Å²) >= 11 is 5.87. The second kappa shape index (κ2) is 13.0. The van der Waals surface area contributed by atoms with Crippen LogP contribution >= 0.6 is 11.6 Å². The smallest absolute Gasteiger partial charge is 0.259 e. The Labute approximate surface area is 244 Å². The number of piperidine rings is 1. The van der Waals surface area contributed by atoms with Crippen LogP contribution in [0.15, 0.2) is 54.7 Å². The van der Waals surface area contributed by atoms with Crippen molar-refractivity contribution in [2.24, 2.45) is 0 Å². The van der Waals surface area contributed by atoms with E-state index in [1.54, 1.807) is 19.1 Å². The first-order valence-electron chi connectivity index (χ1n) is 13.6. The van der Waals surface area contributed by atoms with Gasteiger partial charge >= 0.3 is 0 Å². The quantitative estimate of drug-likeness (QED) is 0.305. The van der Waals surface area contributed by atoms with Crippen molar-refractivity contribution in [3.8, 4) is 5.75 Å². The highest BCUT2D eigenvalue weighted by molar-refractivity contribution is 6.30. The maximum atomic E-state index is 14.2. The number of benzene rings is 2. The molecule has 1 saturated heterocycles. The predicted octanol–water partition coefficient (Wildman–Crippen LogP) is 5.90. The standard InChI is InChI=1S/C31H36ClFN4O4/c1-19(38)18-37-13-11-23(12-14-37)41-27-15-20(31(2,3)4)5-8-24(27)29(39)35-26-9-7-22(33)16-25(26)30(40)36-28-10-6-21(32)17-34-28/h5-10,15-17,19,23,38H,11-14,18H2,1-4H3,(H,35,39)(H,34,36,40). The van der Waals surface area contributed by atoms with E-state index in [0.29, 0.717) is 22.9 Å². The number of nitrogens with zero attached hydrogens (tertiary/aromatic N) is 2. The lowest BCUT2D eigenvalue weighted by molar-refractivity contribution is 0.0665. The fraction of sp³-hybridized carbons (Fsp3) is 0.387. The Hall–Kier alpha value is -3.53. The molecule has 0 saturated carbocycles. The molecule has 8 nitrogen and oxygen atoms in total. The molecule has 1 atom stereocenters. The Balaban J connectivity index is 1.57. The minimum Gasteiger partial charge on any atom is -0.489 e. The van der Waals surface area contributed by atoms with Crippen molar-refractivity contribution in [1.82, 2.24) is 9.88 Å². The highest BCUT2D eigenvalue weighted by atomic mass is 35.5. The van der Waals surface area contributed by atoms with E-state index < -0.39 is 23.7 Å². The number of aliphatic hydroxyl groups excluding tert-OH is 1. The molecule has 0 spiro atoms. The number of nitrogens with one attached hydrogen (secondary N) is 2. The second-order valence-electron chi connectivity index (χ2n) is 11.4. The summed E-state index contributed by atoms with van der Waals surface area (Å²) in [5, 5.41) is 15.5. The molecule has 10 heteroatoms. The molecule has 41 heavy (non-hydrogen) atoms. The predicted molar refractivity (Wildman–Crippen MR) is 158 cm³/mol. The van der Waals surface area contributed by atoms with Gasteiger partial charge in [-0.15, -0.1) is 0 Å². The maximum absolute atomic E-state index is 14.2. The van der Waals surface area contributed by atoms with E-state index in [-0.39, 0.29) is 28.6 Å². The number of β-amino-alcohol motifs (C(OH)–C–C–N with tert-alkyl or cyclic N) is 1. The van der Waals surface area contributed by atoms with E-state index in [4.69, 9.17) is 16.3 Å². The Morgan fingerprint density at radius 3 is 2.41 bits per heavy atom. The largest absolute Gasteiger partial charge is 0.489 e. The van der Waals surface area contributed by atoms with Crippen molar-refractivity contribution < 1.29 is 23.8 Å². The highest BCUT2D eigenvalue weighted by Gasteiger charge is 2.26. The second-order valence-corrected chi connectivity index (χ2v) is 11.8. The molecule has 1 fully saturated rings. The molecule has 3 aromatic rings. The number of anilines is 2. The molecular formula is C31H36ClFN4O4. The van der Waals surface area contributed by atoms with Gasteiger partial charge in [0, 0.05) is 25.8 Å². The Morgan fingerprint density at radius 1 is 1.07 bits per heavy atom. The summed E-state index contributed by atoms with van der Waals surface area (Å²) in [4.78, 5) is 32.8. The number of amides is 2. The topological polar surface area (TPSA) is 104 Å². The minimum atomic E-state index is -0.641. The molecule has 0 bridgehead atoms. The molecule has 2 amide bonds. The average Bonchev–Trinajstić information content (AvgIpc) is 2.91. The summed E-state index contributed by atoms with van der Waals surface area (Å²) in [6, 6.07) is 12.2. The zero-order chi connectivity index (χ0) is 29.7. The van der Waals surface area contributed by atoms with E-state index >= 15 is 0 Å². The summed E-state index contributed by atoms with van der Waals surface area (Å²) in [6.45, 7) is 10.2. The number of rotatable bonds is 8. The Kier molecular flexibility index (Phi) is 9.63. The number of aliphatic hydroxyl groups is 1. The lowest BCUT2D eigenvalue weighted by Crippen LogP contribution is -2.41. The maximum Gasteiger partial charge on any atom is 0.259 e. The molecule has 1 aliphatic heterocycles. The zero-order valence-corrected chi connectivity index (χ0v) is 24.5. The third-order valence-electron chi connectivity index (χ3n) is 6.89. The first kappa shape index (κ1) is 30.4. The van der Waals surface area contributed by atoms with Crippen molar-refractivity contribution in [3.05, 3.63) is 82.3 Å². The minimum absolute atomic E-state index is 0.0608. The summed E-state index contributed by atoms with van der Waals surface area (Å²) in [7, 11) is 0. The first-order chi connectivity index (χ1) is 19.4. The molecule has 2 heterocycles. The van der Waals surface area contributed by atoms with Gasteiger partial charge in [0.2, 0.25) is 0 Å². The van der Waals surface area contributed by atoms with E-state index in [1.165, 1.54) is 24.4 Å². The third kappa shape index (κ3) is 8.25. The molecule has 1 aromatic heterocycles. The van der Waals surface area contributed by atoms with Crippen LogP contribution in [0, 0.1) is 5.82 Å². The van der Waals surface area contributed by atoms with Crippen LogP contribution in [-0.2, 0) is 5.41 Å². The summed E-state index contributed by atoms with van der Waals surface area (Å²) in [5.41, 5.74) is 1.22. The molecule has 2 aromatic carbocycles. The SMILES string of the molecule is CC(O)CN1CCC(Oc2cc(C(C)(C)C)ccc2C(=O)Nc2ccc(F)cc2C(=O)Nc2ccc(Cl)cn2)CC1. The number of carbonyl (C=O) groups excluding carboxylic acids is 2. The van der Waals surface area contributed by atoms with Gasteiger partial charge in [0.15, 0.2) is 0 Å². The lowest BCUT2D eigenvalue weighted by atomic mass is 9.86. The number of likely N-dealkylation sites (tertiary alicyclic amines) is 1. The van der Waals surface area contributed by atoms with Gasteiger partial charge in [0.25, 0.3) is 11.8 Å². The normalized spacial score (nSPS) is 15.3. The summed E-state index contributed by atoms with van der Waals surface area (Å²) in [6.07, 6.45) is 2.40. The van der Waals surface area contributed by atoms with Crippen LogP contribution in [0.25, 0.3) is 0 Å². The highest BCUT2D eigenvalue weighted by Crippen LogP contribution is 2.32. The van der Waals surface area contributed by atoms with Gasteiger partial charge in [-0.3, -0.25) is 9.59 Å². The van der Waals surface area contributed by atoms with Gasteiger partial charge in [0.1, 0.15) is 23.5 Å². The molecule has 1 unspecified atom stereocenters. The zero-order valence-electron chi connectivity index (χ0n) is 23.7. The number of aromatic nitrogens is 1. The van der Waals surface area contributed by atoms with E-state index in [9.17, 15) is 19.1 Å². The summed E-state index contributed by atoms with van der Waals surface area (Å²) in [5.74, 6) is -1.08. The van der Waals surface area contributed by atoms with Gasteiger partial charge < -0.3 is 25.4 Å². The number of pyridine rings is 1. The fourth-order valence-electron chi connectivity index (χ4n) is 4.67. The average molecular weight is 583 g/mol. The molecule has 218 valence electrons. The monoisotopic (exact) mass is 582 g/mol. The van der Waals surface area contributed by atoms with Crippen molar-refractivity contribution >= 4 is 34.9 Å².